The molecule has 0 fully saturated rings. The van der Waals surface area contributed by atoms with E-state index in [1.54, 1.807) is 18.2 Å². The van der Waals surface area contributed by atoms with E-state index in [9.17, 15) is 23.9 Å². The Labute approximate surface area is 156 Å². The number of rotatable bonds is 6. The zero-order valence-corrected chi connectivity index (χ0v) is 14.8. The summed E-state index contributed by atoms with van der Waals surface area (Å²) in [5.41, 5.74) is -0.255. The van der Waals surface area contributed by atoms with Gasteiger partial charge in [0.2, 0.25) is 0 Å². The molecule has 0 aromatic heterocycles. The number of non-ortho nitro benzene ring substituents is 1. The molecule has 0 aliphatic heterocycles. The first-order valence-electron chi connectivity index (χ1n) is 7.41. The van der Waals surface area contributed by atoms with Crippen LogP contribution >= 0.6 is 0 Å². The number of nitrogens with one attached hydrogen (secondary N) is 1. The summed E-state index contributed by atoms with van der Waals surface area (Å²) in [7, 11) is -1.41. The lowest BCUT2D eigenvalue weighted by Gasteiger charge is -2.09. The van der Waals surface area contributed by atoms with Crippen molar-refractivity contribution in [3.8, 4) is 6.07 Å². The van der Waals surface area contributed by atoms with Crippen LogP contribution in [0.25, 0.3) is 0 Å². The van der Waals surface area contributed by atoms with Gasteiger partial charge < -0.3 is 10.1 Å². The van der Waals surface area contributed by atoms with Gasteiger partial charge in [-0.05, 0) is 18.2 Å². The molecule has 0 bridgehead atoms. The normalized spacial score (nSPS) is 11.1. The van der Waals surface area contributed by atoms with Crippen molar-refractivity contribution in [3.63, 3.8) is 0 Å². The van der Waals surface area contributed by atoms with Gasteiger partial charge in [0.05, 0.1) is 37.4 Å². The quantitative estimate of drug-likeness (QED) is 0.454. The number of nitro benzene ring substituents is 1. The molecule has 1 N–H and O–H groups in total. The van der Waals surface area contributed by atoms with Gasteiger partial charge in [-0.15, -0.1) is 0 Å². The van der Waals surface area contributed by atoms with E-state index in [-0.39, 0.29) is 27.4 Å². The summed E-state index contributed by atoms with van der Waals surface area (Å²) in [6.07, 6.45) is 1.41. The third-order valence-corrected chi connectivity index (χ3v) is 4.33. The van der Waals surface area contributed by atoms with Crippen molar-refractivity contribution in [2.45, 2.75) is 4.90 Å². The van der Waals surface area contributed by atoms with Gasteiger partial charge in [-0.25, -0.2) is 4.79 Å². The Kier molecular flexibility index (Phi) is 6.35. The highest BCUT2D eigenvalue weighted by Gasteiger charge is 2.17. The number of hydrogen-bond donors (Lipinski definition) is 1. The van der Waals surface area contributed by atoms with Crippen LogP contribution in [-0.2, 0) is 20.3 Å². The lowest BCUT2D eigenvalue weighted by atomic mass is 10.1. The third-order valence-electron chi connectivity index (χ3n) is 3.36. The van der Waals surface area contributed by atoms with Gasteiger partial charge in [0.25, 0.3) is 11.6 Å². The van der Waals surface area contributed by atoms with Crippen LogP contribution < -0.4 is 5.32 Å². The number of carbonyl (C=O) groups excluding carboxylic acids is 2. The molecule has 0 radical (unpaired) electrons. The highest BCUT2D eigenvalue weighted by molar-refractivity contribution is 7.84. The van der Waals surface area contributed by atoms with Gasteiger partial charge in [0, 0.05) is 18.4 Å². The minimum absolute atomic E-state index is 0.0548. The van der Waals surface area contributed by atoms with E-state index in [2.05, 4.69) is 5.32 Å². The van der Waals surface area contributed by atoms with E-state index in [1.165, 1.54) is 24.5 Å². The molecule has 9 nitrogen and oxygen atoms in total. The predicted octanol–water partition coefficient (Wildman–Crippen LogP) is 2.00. The molecule has 138 valence electrons. The molecule has 2 aromatic carbocycles. The monoisotopic (exact) mass is 387 g/mol. The molecule has 0 saturated carbocycles. The fourth-order valence-electron chi connectivity index (χ4n) is 2.13. The standard InChI is InChI=1S/C17H13N3O6S/c1-27(25)15-5-3-2-4-13(15)17(22)26-10-16(21)19-14-7-6-12(20(23)24)8-11(14)9-18/h2-8H,10H2,1H3,(H,19,21)/t27-/m0/s1. The van der Waals surface area contributed by atoms with Crippen molar-refractivity contribution >= 4 is 34.1 Å². The molecule has 0 aliphatic carbocycles. The highest BCUT2D eigenvalue weighted by Crippen LogP contribution is 2.21. The van der Waals surface area contributed by atoms with Crippen LogP contribution in [0.1, 0.15) is 15.9 Å². The molecule has 2 rings (SSSR count). The van der Waals surface area contributed by atoms with Crippen molar-refractivity contribution in [2.24, 2.45) is 0 Å². The van der Waals surface area contributed by atoms with Gasteiger partial charge >= 0.3 is 5.97 Å². The zero-order valence-electron chi connectivity index (χ0n) is 14.0. The molecular formula is C17H13N3O6S. The summed E-state index contributed by atoms with van der Waals surface area (Å²) in [4.78, 5) is 34.4. The number of nitrogens with zero attached hydrogens (tertiary/aromatic N) is 2. The Morgan fingerprint density at radius 1 is 1.30 bits per heavy atom. The fourth-order valence-corrected chi connectivity index (χ4v) is 2.86. The first-order chi connectivity index (χ1) is 12.8. The van der Waals surface area contributed by atoms with Crippen molar-refractivity contribution in [1.82, 2.24) is 0 Å². The molecule has 2 aromatic rings. The lowest BCUT2D eigenvalue weighted by Crippen LogP contribution is -2.22. The Morgan fingerprint density at radius 2 is 2.00 bits per heavy atom. The number of nitro groups is 1. The second-order valence-electron chi connectivity index (χ2n) is 5.17. The van der Waals surface area contributed by atoms with Gasteiger partial charge in [0.15, 0.2) is 6.61 Å². The molecule has 0 unspecified atom stereocenters. The van der Waals surface area contributed by atoms with E-state index in [1.807, 2.05) is 0 Å². The SMILES string of the molecule is C[S@](=O)c1ccccc1C(=O)OCC(=O)Nc1ccc([N+](=O)[O-])cc1C#N. The van der Waals surface area contributed by atoms with Crippen LogP contribution in [0, 0.1) is 21.4 Å². The minimum atomic E-state index is -1.41. The number of hydrogen-bond acceptors (Lipinski definition) is 7. The Balaban J connectivity index is 2.05. The van der Waals surface area contributed by atoms with E-state index in [0.717, 1.165) is 12.1 Å². The fraction of sp³-hybridized carbons (Fsp3) is 0.118. The first-order valence-corrected chi connectivity index (χ1v) is 8.97. The van der Waals surface area contributed by atoms with Crippen molar-refractivity contribution < 1.29 is 23.5 Å². The zero-order chi connectivity index (χ0) is 20.0. The number of ether oxygens (including phenoxy) is 1. The Bertz CT molecular complexity index is 983. The molecule has 0 spiro atoms. The summed E-state index contributed by atoms with van der Waals surface area (Å²) in [6, 6.07) is 11.3. The average Bonchev–Trinajstić information content (AvgIpc) is 2.66. The Hall–Kier alpha value is -3.58. The lowest BCUT2D eigenvalue weighted by molar-refractivity contribution is -0.384. The number of benzene rings is 2. The summed E-state index contributed by atoms with van der Waals surface area (Å²) in [5, 5.41) is 22.1. The number of nitriles is 1. The minimum Gasteiger partial charge on any atom is -0.452 e. The molecule has 0 saturated heterocycles. The second-order valence-corrected chi connectivity index (χ2v) is 6.52. The number of anilines is 1. The molecule has 1 atom stereocenters. The summed E-state index contributed by atoms with van der Waals surface area (Å²) in [5.74, 6) is -1.55. The summed E-state index contributed by atoms with van der Waals surface area (Å²) < 4.78 is 16.6. The van der Waals surface area contributed by atoms with E-state index in [0.29, 0.717) is 0 Å². The molecule has 0 heterocycles. The van der Waals surface area contributed by atoms with Crippen LogP contribution in [0.15, 0.2) is 47.4 Å². The summed E-state index contributed by atoms with van der Waals surface area (Å²) >= 11 is 0. The van der Waals surface area contributed by atoms with E-state index >= 15 is 0 Å². The maximum Gasteiger partial charge on any atom is 0.339 e. The van der Waals surface area contributed by atoms with Gasteiger partial charge in [0.1, 0.15) is 6.07 Å². The topological polar surface area (TPSA) is 139 Å². The maximum atomic E-state index is 12.1. The molecule has 10 heteroatoms. The Morgan fingerprint density at radius 3 is 2.63 bits per heavy atom. The van der Waals surface area contributed by atoms with Crippen LogP contribution in [0.2, 0.25) is 0 Å². The van der Waals surface area contributed by atoms with E-state index < -0.39 is 34.2 Å². The van der Waals surface area contributed by atoms with Crippen LogP contribution in [0.5, 0.6) is 0 Å². The molecule has 27 heavy (non-hydrogen) atoms. The number of amides is 1. The number of carbonyl (C=O) groups is 2. The summed E-state index contributed by atoms with van der Waals surface area (Å²) in [6.45, 7) is -0.647. The van der Waals surface area contributed by atoms with Crippen LogP contribution in [0.3, 0.4) is 0 Å². The molecule has 0 aliphatic rings. The van der Waals surface area contributed by atoms with E-state index in [4.69, 9.17) is 10.00 Å². The smallest absolute Gasteiger partial charge is 0.339 e. The van der Waals surface area contributed by atoms with Crippen LogP contribution in [-0.4, -0.2) is 33.9 Å². The first kappa shape index (κ1) is 19.7. The van der Waals surface area contributed by atoms with Crippen molar-refractivity contribution in [1.29, 1.82) is 5.26 Å². The second kappa shape index (κ2) is 8.68. The highest BCUT2D eigenvalue weighted by atomic mass is 32.2. The molecular weight excluding hydrogens is 374 g/mol. The van der Waals surface area contributed by atoms with Gasteiger partial charge in [-0.3, -0.25) is 19.1 Å². The molecule has 1 amide bonds. The van der Waals surface area contributed by atoms with Crippen LogP contribution in [0.4, 0.5) is 11.4 Å². The maximum absolute atomic E-state index is 12.1. The van der Waals surface area contributed by atoms with Crippen molar-refractivity contribution in [3.05, 3.63) is 63.7 Å². The van der Waals surface area contributed by atoms with Gasteiger partial charge in [-0.2, -0.15) is 5.26 Å². The number of esters is 1. The largest absolute Gasteiger partial charge is 0.452 e. The predicted molar refractivity (Wildman–Crippen MR) is 95.5 cm³/mol. The van der Waals surface area contributed by atoms with Crippen molar-refractivity contribution in [2.75, 3.05) is 18.2 Å². The van der Waals surface area contributed by atoms with Gasteiger partial charge in [-0.1, -0.05) is 12.1 Å². The average molecular weight is 387 g/mol. The third kappa shape index (κ3) is 4.96.